The monoisotopic (exact) mass is 252 g/mol. The summed E-state index contributed by atoms with van der Waals surface area (Å²) in [6.45, 7) is 12.2. The van der Waals surface area contributed by atoms with Gasteiger partial charge in [0.1, 0.15) is 5.82 Å². The smallest absolute Gasteiger partial charge is 0.230 e. The second-order valence-electron chi connectivity index (χ2n) is 3.90. The molecule has 1 aromatic heterocycles. The van der Waals surface area contributed by atoms with Crippen molar-refractivity contribution in [3.05, 3.63) is 5.82 Å². The first kappa shape index (κ1) is 14.6. The van der Waals surface area contributed by atoms with Crippen molar-refractivity contribution in [3.63, 3.8) is 0 Å². The number of nitrogens with two attached hydrogens (primary N) is 1. The molecule has 0 saturated heterocycles. The van der Waals surface area contributed by atoms with E-state index in [1.54, 1.807) is 0 Å². The molecule has 102 valence electrons. The zero-order valence-corrected chi connectivity index (χ0v) is 11.8. The Balaban J connectivity index is 3.15. The van der Waals surface area contributed by atoms with Crippen LogP contribution in [0, 0.1) is 0 Å². The maximum atomic E-state index is 5.66. The van der Waals surface area contributed by atoms with Gasteiger partial charge in [-0.15, -0.1) is 0 Å². The van der Waals surface area contributed by atoms with E-state index in [4.69, 9.17) is 5.73 Å². The molecular formula is C12H24N6. The van der Waals surface area contributed by atoms with E-state index in [1.807, 2.05) is 0 Å². The fourth-order valence-electron chi connectivity index (χ4n) is 1.78. The summed E-state index contributed by atoms with van der Waals surface area (Å²) in [5.41, 5.74) is 5.66. The van der Waals surface area contributed by atoms with Crippen molar-refractivity contribution >= 4 is 11.9 Å². The van der Waals surface area contributed by atoms with Gasteiger partial charge in [0.15, 0.2) is 0 Å². The molecule has 6 heteroatoms. The van der Waals surface area contributed by atoms with E-state index < -0.39 is 0 Å². The Hall–Kier alpha value is -1.43. The minimum atomic E-state index is 0.338. The summed E-state index contributed by atoms with van der Waals surface area (Å²) in [6, 6.07) is 0. The molecule has 6 nitrogen and oxygen atoms in total. The highest BCUT2D eigenvalue weighted by Gasteiger charge is 2.13. The molecule has 0 fully saturated rings. The highest BCUT2D eigenvalue weighted by molar-refractivity contribution is 5.38. The SMILES string of the molecule is CCN(CC)c1nc(CN)nc(N(CC)CC)n1. The van der Waals surface area contributed by atoms with Crippen molar-refractivity contribution in [1.82, 2.24) is 15.0 Å². The molecule has 0 aliphatic rings. The van der Waals surface area contributed by atoms with Gasteiger partial charge in [-0.25, -0.2) is 0 Å². The van der Waals surface area contributed by atoms with Crippen LogP contribution < -0.4 is 15.5 Å². The van der Waals surface area contributed by atoms with Crippen LogP contribution in [0.2, 0.25) is 0 Å². The summed E-state index contributed by atoms with van der Waals surface area (Å²) >= 11 is 0. The van der Waals surface area contributed by atoms with Crippen LogP contribution in [-0.2, 0) is 6.54 Å². The van der Waals surface area contributed by atoms with E-state index in [9.17, 15) is 0 Å². The molecule has 1 aromatic rings. The van der Waals surface area contributed by atoms with Crippen LogP contribution in [-0.4, -0.2) is 41.1 Å². The van der Waals surface area contributed by atoms with Gasteiger partial charge >= 0.3 is 0 Å². The van der Waals surface area contributed by atoms with Gasteiger partial charge in [0, 0.05) is 26.2 Å². The van der Waals surface area contributed by atoms with Gasteiger partial charge in [-0.2, -0.15) is 15.0 Å². The van der Waals surface area contributed by atoms with Gasteiger partial charge in [0.05, 0.1) is 6.54 Å². The Morgan fingerprint density at radius 3 is 1.44 bits per heavy atom. The zero-order valence-electron chi connectivity index (χ0n) is 11.8. The normalized spacial score (nSPS) is 10.5. The van der Waals surface area contributed by atoms with Crippen LogP contribution in [0.4, 0.5) is 11.9 Å². The van der Waals surface area contributed by atoms with Gasteiger partial charge < -0.3 is 15.5 Å². The molecule has 0 unspecified atom stereocenters. The summed E-state index contributed by atoms with van der Waals surface area (Å²) in [6.07, 6.45) is 0. The molecule has 0 atom stereocenters. The van der Waals surface area contributed by atoms with E-state index in [1.165, 1.54) is 0 Å². The average molecular weight is 252 g/mol. The fourth-order valence-corrected chi connectivity index (χ4v) is 1.78. The summed E-state index contributed by atoms with van der Waals surface area (Å²) in [5.74, 6) is 2.09. The molecule has 0 saturated carbocycles. The minimum absolute atomic E-state index is 0.338. The number of aromatic nitrogens is 3. The van der Waals surface area contributed by atoms with Crippen LogP contribution in [0.1, 0.15) is 33.5 Å². The van der Waals surface area contributed by atoms with Crippen LogP contribution in [0.25, 0.3) is 0 Å². The third-order valence-corrected chi connectivity index (χ3v) is 2.93. The first-order valence-corrected chi connectivity index (χ1v) is 6.64. The van der Waals surface area contributed by atoms with Crippen molar-refractivity contribution < 1.29 is 0 Å². The Morgan fingerprint density at radius 2 is 1.17 bits per heavy atom. The molecular weight excluding hydrogens is 228 g/mol. The van der Waals surface area contributed by atoms with Gasteiger partial charge in [-0.05, 0) is 27.7 Å². The lowest BCUT2D eigenvalue weighted by molar-refractivity contribution is 0.750. The minimum Gasteiger partial charge on any atom is -0.341 e. The van der Waals surface area contributed by atoms with Gasteiger partial charge in [-0.3, -0.25) is 0 Å². The van der Waals surface area contributed by atoms with Gasteiger partial charge in [-0.1, -0.05) is 0 Å². The number of anilines is 2. The fraction of sp³-hybridized carbons (Fsp3) is 0.750. The molecule has 0 aliphatic carbocycles. The molecule has 1 heterocycles. The third-order valence-electron chi connectivity index (χ3n) is 2.93. The van der Waals surface area contributed by atoms with E-state index in [2.05, 4.69) is 52.4 Å². The summed E-state index contributed by atoms with van der Waals surface area (Å²) in [7, 11) is 0. The first-order chi connectivity index (χ1) is 8.69. The average Bonchev–Trinajstić information content (AvgIpc) is 2.41. The van der Waals surface area contributed by atoms with Gasteiger partial charge in [0.2, 0.25) is 11.9 Å². The Morgan fingerprint density at radius 1 is 0.778 bits per heavy atom. The third kappa shape index (κ3) is 3.29. The summed E-state index contributed by atoms with van der Waals surface area (Å²) in [4.78, 5) is 17.5. The largest absolute Gasteiger partial charge is 0.341 e. The quantitative estimate of drug-likeness (QED) is 0.781. The Bertz CT molecular complexity index is 329. The number of nitrogens with zero attached hydrogens (tertiary/aromatic N) is 5. The van der Waals surface area contributed by atoms with Crippen molar-refractivity contribution in [2.75, 3.05) is 36.0 Å². The molecule has 0 bridgehead atoms. The van der Waals surface area contributed by atoms with Crippen LogP contribution in [0.15, 0.2) is 0 Å². The lowest BCUT2D eigenvalue weighted by Crippen LogP contribution is -2.29. The maximum absolute atomic E-state index is 5.66. The second-order valence-corrected chi connectivity index (χ2v) is 3.90. The van der Waals surface area contributed by atoms with E-state index in [0.29, 0.717) is 12.4 Å². The highest BCUT2D eigenvalue weighted by atomic mass is 15.3. The first-order valence-electron chi connectivity index (χ1n) is 6.64. The predicted molar refractivity (Wildman–Crippen MR) is 74.8 cm³/mol. The number of hydrogen-bond acceptors (Lipinski definition) is 6. The molecule has 0 radical (unpaired) electrons. The zero-order chi connectivity index (χ0) is 13.5. The molecule has 0 spiro atoms. The van der Waals surface area contributed by atoms with E-state index >= 15 is 0 Å². The lowest BCUT2D eigenvalue weighted by Gasteiger charge is -2.23. The molecule has 18 heavy (non-hydrogen) atoms. The maximum Gasteiger partial charge on any atom is 0.230 e. The van der Waals surface area contributed by atoms with Gasteiger partial charge in [0.25, 0.3) is 0 Å². The van der Waals surface area contributed by atoms with Crippen molar-refractivity contribution in [1.29, 1.82) is 0 Å². The predicted octanol–water partition coefficient (Wildman–Crippen LogP) is 1.02. The van der Waals surface area contributed by atoms with Crippen molar-refractivity contribution in [2.45, 2.75) is 34.2 Å². The topological polar surface area (TPSA) is 71.2 Å². The lowest BCUT2D eigenvalue weighted by atomic mass is 10.5. The van der Waals surface area contributed by atoms with Crippen LogP contribution in [0.3, 0.4) is 0 Å². The number of hydrogen-bond donors (Lipinski definition) is 1. The molecule has 2 N–H and O–H groups in total. The van der Waals surface area contributed by atoms with Crippen LogP contribution in [0.5, 0.6) is 0 Å². The van der Waals surface area contributed by atoms with Crippen LogP contribution >= 0.6 is 0 Å². The summed E-state index contributed by atoms with van der Waals surface area (Å²) < 4.78 is 0. The Labute approximate surface area is 109 Å². The Kier molecular flexibility index (Phi) is 5.77. The number of rotatable bonds is 7. The van der Waals surface area contributed by atoms with E-state index in [0.717, 1.165) is 38.1 Å². The van der Waals surface area contributed by atoms with E-state index in [-0.39, 0.29) is 0 Å². The van der Waals surface area contributed by atoms with Crippen molar-refractivity contribution in [2.24, 2.45) is 5.73 Å². The second kappa shape index (κ2) is 7.10. The molecule has 1 rings (SSSR count). The van der Waals surface area contributed by atoms with Crippen molar-refractivity contribution in [3.8, 4) is 0 Å². The standard InChI is InChI=1S/C12H24N6/c1-5-17(6-2)11-14-10(9-13)15-12(16-11)18(7-3)8-4/h5-9,13H2,1-4H3. The molecule has 0 aliphatic heterocycles. The molecule has 0 aromatic carbocycles. The highest BCUT2D eigenvalue weighted by Crippen LogP contribution is 2.13. The summed E-state index contributed by atoms with van der Waals surface area (Å²) in [5, 5.41) is 0. The molecule has 0 amide bonds.